The summed E-state index contributed by atoms with van der Waals surface area (Å²) in [5.41, 5.74) is 1.04. The van der Waals surface area contributed by atoms with Gasteiger partial charge in [0.1, 0.15) is 5.82 Å². The van der Waals surface area contributed by atoms with Crippen molar-refractivity contribution in [3.05, 3.63) is 59.2 Å². The maximum Gasteiger partial charge on any atom is 0.317 e. The van der Waals surface area contributed by atoms with Gasteiger partial charge in [-0.05, 0) is 30.5 Å². The van der Waals surface area contributed by atoms with Gasteiger partial charge in [0.05, 0.1) is 5.02 Å². The summed E-state index contributed by atoms with van der Waals surface area (Å²) in [6, 6.07) is 12.8. The normalized spacial score (nSPS) is 14.0. The van der Waals surface area contributed by atoms with Gasteiger partial charge in [0.15, 0.2) is 0 Å². The number of nitrogens with one attached hydrogen (secondary N) is 2. The molecule has 1 aliphatic rings. The summed E-state index contributed by atoms with van der Waals surface area (Å²) in [4.78, 5) is 44.5. The third-order valence-corrected chi connectivity index (χ3v) is 5.65. The van der Waals surface area contributed by atoms with Crippen molar-refractivity contribution in [2.45, 2.75) is 25.8 Å². The smallest absolute Gasteiger partial charge is 0.317 e. The molecule has 3 rings (SSSR count). The Morgan fingerprint density at radius 1 is 1.12 bits per heavy atom. The fourth-order valence-electron chi connectivity index (χ4n) is 3.57. The van der Waals surface area contributed by atoms with Crippen LogP contribution in [0.3, 0.4) is 0 Å². The Labute approximate surface area is 192 Å². The number of hydrogen-bond acceptors (Lipinski definition) is 4. The van der Waals surface area contributed by atoms with E-state index in [1.807, 2.05) is 30.3 Å². The summed E-state index contributed by atoms with van der Waals surface area (Å²) in [6.45, 7) is 1.82. The van der Waals surface area contributed by atoms with Gasteiger partial charge >= 0.3 is 6.03 Å². The predicted octanol–water partition coefficient (Wildman–Crippen LogP) is 3.14. The summed E-state index contributed by atoms with van der Waals surface area (Å²) in [5.74, 6) is 0.184. The fourth-order valence-corrected chi connectivity index (χ4v) is 3.68. The number of carbonyl (C=O) groups excluding carboxylic acids is 3. The van der Waals surface area contributed by atoms with Gasteiger partial charge in [-0.2, -0.15) is 0 Å². The van der Waals surface area contributed by atoms with Crippen molar-refractivity contribution in [3.63, 3.8) is 0 Å². The van der Waals surface area contributed by atoms with Gasteiger partial charge in [0.25, 0.3) is 0 Å². The lowest BCUT2D eigenvalue weighted by Crippen LogP contribution is -2.43. The van der Waals surface area contributed by atoms with E-state index < -0.39 is 0 Å². The predicted molar refractivity (Wildman–Crippen MR) is 123 cm³/mol. The van der Waals surface area contributed by atoms with Crippen LogP contribution in [0.2, 0.25) is 5.02 Å². The van der Waals surface area contributed by atoms with Gasteiger partial charge < -0.3 is 20.4 Å². The molecule has 0 saturated carbocycles. The highest BCUT2D eigenvalue weighted by molar-refractivity contribution is 6.30. The molecule has 0 radical (unpaired) electrons. The molecule has 32 heavy (non-hydrogen) atoms. The average Bonchev–Trinajstić information content (AvgIpc) is 2.81. The molecule has 8 nitrogen and oxygen atoms in total. The van der Waals surface area contributed by atoms with E-state index in [2.05, 4.69) is 15.6 Å². The number of aromatic nitrogens is 1. The second-order valence-corrected chi connectivity index (χ2v) is 8.27. The van der Waals surface area contributed by atoms with Crippen LogP contribution in [-0.4, -0.2) is 59.3 Å². The van der Waals surface area contributed by atoms with E-state index in [9.17, 15) is 14.4 Å². The Morgan fingerprint density at radius 3 is 2.50 bits per heavy atom. The summed E-state index contributed by atoms with van der Waals surface area (Å²) in [5, 5.41) is 6.09. The Balaban J connectivity index is 1.34. The number of urea groups is 1. The van der Waals surface area contributed by atoms with Crippen LogP contribution in [0.4, 0.5) is 10.6 Å². The molecule has 1 aliphatic heterocycles. The number of rotatable bonds is 7. The van der Waals surface area contributed by atoms with Gasteiger partial charge in [0, 0.05) is 51.8 Å². The van der Waals surface area contributed by atoms with Crippen LogP contribution in [0, 0.1) is 5.92 Å². The van der Waals surface area contributed by atoms with Crippen molar-refractivity contribution in [1.82, 2.24) is 20.1 Å². The molecule has 4 amide bonds. The Kier molecular flexibility index (Phi) is 8.44. The van der Waals surface area contributed by atoms with Gasteiger partial charge in [-0.15, -0.1) is 0 Å². The Morgan fingerprint density at radius 2 is 1.84 bits per heavy atom. The number of halogens is 1. The van der Waals surface area contributed by atoms with Crippen molar-refractivity contribution in [2.24, 2.45) is 5.92 Å². The molecule has 9 heteroatoms. The Bertz CT molecular complexity index is 915. The van der Waals surface area contributed by atoms with E-state index in [1.54, 1.807) is 29.0 Å². The number of piperidine rings is 1. The number of hydrogen-bond donors (Lipinski definition) is 2. The van der Waals surface area contributed by atoms with E-state index in [-0.39, 0.29) is 36.7 Å². The number of amides is 4. The molecule has 2 aromatic rings. The maximum atomic E-state index is 12.5. The first-order chi connectivity index (χ1) is 15.4. The first-order valence-corrected chi connectivity index (χ1v) is 11.0. The van der Waals surface area contributed by atoms with E-state index in [0.717, 1.165) is 5.56 Å². The van der Waals surface area contributed by atoms with E-state index in [0.29, 0.717) is 43.3 Å². The lowest BCUT2D eigenvalue weighted by molar-refractivity contribution is -0.134. The Hall–Kier alpha value is -3.13. The lowest BCUT2D eigenvalue weighted by atomic mass is 9.95. The van der Waals surface area contributed by atoms with Gasteiger partial charge in [-0.3, -0.25) is 9.59 Å². The van der Waals surface area contributed by atoms with Gasteiger partial charge in [-0.1, -0.05) is 41.9 Å². The molecule has 2 N–H and O–H groups in total. The monoisotopic (exact) mass is 457 g/mol. The minimum absolute atomic E-state index is 0.0192. The number of likely N-dealkylation sites (tertiary alicyclic amines) is 1. The molecule has 1 aromatic heterocycles. The third kappa shape index (κ3) is 6.95. The summed E-state index contributed by atoms with van der Waals surface area (Å²) in [6.07, 6.45) is 2.90. The van der Waals surface area contributed by atoms with E-state index >= 15 is 0 Å². The van der Waals surface area contributed by atoms with Crippen LogP contribution < -0.4 is 10.6 Å². The molecule has 0 atom stereocenters. The largest absolute Gasteiger partial charge is 0.343 e. The minimum Gasteiger partial charge on any atom is -0.343 e. The highest BCUT2D eigenvalue weighted by Gasteiger charge is 2.27. The molecular weight excluding hydrogens is 430 g/mol. The van der Waals surface area contributed by atoms with Crippen molar-refractivity contribution in [1.29, 1.82) is 0 Å². The highest BCUT2D eigenvalue weighted by Crippen LogP contribution is 2.20. The molecule has 2 heterocycles. The number of nitrogens with zero attached hydrogens (tertiary/aromatic N) is 3. The molecule has 0 unspecified atom stereocenters. The standard InChI is InChI=1S/C23H28ClN5O3/c1-28(16-17-5-3-2-4-6-17)23(32)25-12-9-21(30)29-13-10-18(11-14-29)22(31)27-20-8-7-19(24)15-26-20/h2-8,15,18H,9-14,16H2,1H3,(H,25,32)(H,26,27,31). The van der Waals surface area contributed by atoms with Crippen molar-refractivity contribution < 1.29 is 14.4 Å². The highest BCUT2D eigenvalue weighted by atomic mass is 35.5. The minimum atomic E-state index is -0.215. The average molecular weight is 458 g/mol. The van der Waals surface area contributed by atoms with Crippen LogP contribution in [0.1, 0.15) is 24.8 Å². The zero-order valence-corrected chi connectivity index (χ0v) is 18.8. The summed E-state index contributed by atoms with van der Waals surface area (Å²) >= 11 is 5.81. The number of carbonyl (C=O) groups is 3. The van der Waals surface area contributed by atoms with Crippen LogP contribution in [0.5, 0.6) is 0 Å². The lowest BCUT2D eigenvalue weighted by Gasteiger charge is -2.31. The van der Waals surface area contributed by atoms with Crippen molar-refractivity contribution >= 4 is 35.3 Å². The third-order valence-electron chi connectivity index (χ3n) is 5.42. The molecule has 1 saturated heterocycles. The SMILES string of the molecule is CN(Cc1ccccc1)C(=O)NCCC(=O)N1CCC(C(=O)Nc2ccc(Cl)cn2)CC1. The fraction of sp³-hybridized carbons (Fsp3) is 0.391. The summed E-state index contributed by atoms with van der Waals surface area (Å²) in [7, 11) is 1.72. The second kappa shape index (κ2) is 11.5. The number of pyridine rings is 1. The van der Waals surface area contributed by atoms with Crippen LogP contribution in [-0.2, 0) is 16.1 Å². The molecule has 1 fully saturated rings. The molecule has 170 valence electrons. The first kappa shape index (κ1) is 23.5. The van der Waals surface area contributed by atoms with Crippen LogP contribution in [0.15, 0.2) is 48.7 Å². The molecule has 0 spiro atoms. The van der Waals surface area contributed by atoms with Crippen molar-refractivity contribution in [3.8, 4) is 0 Å². The van der Waals surface area contributed by atoms with Gasteiger partial charge in [0.2, 0.25) is 11.8 Å². The van der Waals surface area contributed by atoms with E-state index in [1.165, 1.54) is 6.20 Å². The van der Waals surface area contributed by atoms with Crippen molar-refractivity contribution in [2.75, 3.05) is 32.0 Å². The first-order valence-electron chi connectivity index (χ1n) is 10.7. The van der Waals surface area contributed by atoms with Crippen LogP contribution >= 0.6 is 11.6 Å². The molecule has 0 aliphatic carbocycles. The molecule has 1 aromatic carbocycles. The van der Waals surface area contributed by atoms with E-state index in [4.69, 9.17) is 11.6 Å². The topological polar surface area (TPSA) is 94.6 Å². The summed E-state index contributed by atoms with van der Waals surface area (Å²) < 4.78 is 0. The molecular formula is C23H28ClN5O3. The zero-order valence-electron chi connectivity index (χ0n) is 18.1. The number of benzene rings is 1. The number of anilines is 1. The maximum absolute atomic E-state index is 12.5. The molecule has 0 bridgehead atoms. The quantitative estimate of drug-likeness (QED) is 0.667. The van der Waals surface area contributed by atoms with Gasteiger partial charge in [-0.25, -0.2) is 9.78 Å². The van der Waals surface area contributed by atoms with Crippen LogP contribution in [0.25, 0.3) is 0 Å². The second-order valence-electron chi connectivity index (χ2n) is 7.83. The zero-order chi connectivity index (χ0) is 22.9.